The molecule has 8 rings (SSSR count). The average molecular weight is 811 g/mol. The van der Waals surface area contributed by atoms with Crippen LogP contribution in [-0.2, 0) is 49.0 Å². The van der Waals surface area contributed by atoms with Gasteiger partial charge in [-0.1, -0.05) is 79.7 Å². The molecule has 3 aliphatic heterocycles. The van der Waals surface area contributed by atoms with Crippen molar-refractivity contribution in [2.24, 2.45) is 5.92 Å². The maximum Gasteiger partial charge on any atom is 0.264 e. The standard InChI is InChI=1S/C47H47FN4O6Si/c1-32-45(59(2,3)48)43(26-44(56)49-28-35-13-11-10-12-34(35)24-40(49)29-53)58-47(32)41-25-39(52(31-55)37-16-8-5-9-17-37)22-23-42(41)50(46(47)57)27-33-18-20-38(21-19-33)51(30-54)36-14-6-4-7-15-36/h4-23,25,30-32,40,43,45,53H,24,26-29H2,1-3H3/t32-,40+,43+,45-,47+/m1/s1. The van der Waals surface area contributed by atoms with Gasteiger partial charge in [-0.2, -0.15) is 0 Å². The summed E-state index contributed by atoms with van der Waals surface area (Å²) in [4.78, 5) is 60.8. The number of para-hydroxylation sites is 2. The van der Waals surface area contributed by atoms with Gasteiger partial charge in [-0.05, 0) is 90.8 Å². The number of halogens is 1. The molecule has 0 saturated carbocycles. The molecule has 1 fully saturated rings. The van der Waals surface area contributed by atoms with Crippen molar-refractivity contribution in [3.63, 3.8) is 0 Å². The summed E-state index contributed by atoms with van der Waals surface area (Å²) in [7, 11) is -3.65. The van der Waals surface area contributed by atoms with Crippen LogP contribution in [0.2, 0.25) is 18.6 Å². The van der Waals surface area contributed by atoms with Crippen LogP contribution in [0.5, 0.6) is 0 Å². The predicted molar refractivity (Wildman–Crippen MR) is 228 cm³/mol. The van der Waals surface area contributed by atoms with Crippen molar-refractivity contribution in [2.75, 3.05) is 21.3 Å². The molecule has 0 radical (unpaired) electrons. The van der Waals surface area contributed by atoms with E-state index in [2.05, 4.69) is 0 Å². The second-order valence-corrected chi connectivity index (χ2v) is 20.0. The van der Waals surface area contributed by atoms with Crippen LogP contribution in [-0.4, -0.2) is 61.8 Å². The quantitative estimate of drug-likeness (QED) is 0.0779. The number of rotatable bonds is 12. The molecule has 0 aliphatic carbocycles. The zero-order valence-corrected chi connectivity index (χ0v) is 34.3. The fourth-order valence-corrected chi connectivity index (χ4v) is 12.0. The van der Waals surface area contributed by atoms with Gasteiger partial charge >= 0.3 is 0 Å². The zero-order valence-electron chi connectivity index (χ0n) is 33.3. The van der Waals surface area contributed by atoms with Gasteiger partial charge in [0.25, 0.3) is 5.91 Å². The highest BCUT2D eigenvalue weighted by Crippen LogP contribution is 2.61. The smallest absolute Gasteiger partial charge is 0.264 e. The Morgan fingerprint density at radius 3 is 1.98 bits per heavy atom. The predicted octanol–water partition coefficient (Wildman–Crippen LogP) is 7.93. The summed E-state index contributed by atoms with van der Waals surface area (Å²) in [6.07, 6.45) is 0.856. The summed E-state index contributed by atoms with van der Waals surface area (Å²) in [6, 6.07) is 38.5. The van der Waals surface area contributed by atoms with E-state index in [-0.39, 0.29) is 31.4 Å². The van der Waals surface area contributed by atoms with E-state index < -0.39 is 37.6 Å². The van der Waals surface area contributed by atoms with Gasteiger partial charge in [-0.25, -0.2) is 0 Å². The molecule has 3 heterocycles. The molecule has 302 valence electrons. The lowest BCUT2D eigenvalue weighted by molar-refractivity contribution is -0.151. The first-order valence-corrected chi connectivity index (χ1v) is 22.9. The second-order valence-electron chi connectivity index (χ2n) is 16.2. The van der Waals surface area contributed by atoms with E-state index in [9.17, 15) is 19.5 Å². The van der Waals surface area contributed by atoms with Crippen molar-refractivity contribution in [3.05, 3.63) is 150 Å². The number of anilines is 5. The minimum absolute atomic E-state index is 0.141. The lowest BCUT2D eigenvalue weighted by Crippen LogP contribution is -2.48. The molecule has 0 bridgehead atoms. The van der Waals surface area contributed by atoms with Gasteiger partial charge in [0.05, 0.1) is 37.4 Å². The molecule has 4 amide bonds. The van der Waals surface area contributed by atoms with Gasteiger partial charge in [-0.3, -0.25) is 29.0 Å². The molecule has 5 aromatic rings. The number of hydrogen-bond acceptors (Lipinski definition) is 6. The second kappa shape index (κ2) is 16.0. The number of aliphatic hydroxyl groups excluding tert-OH is 1. The van der Waals surface area contributed by atoms with Crippen LogP contribution in [0.1, 0.15) is 35.6 Å². The van der Waals surface area contributed by atoms with Crippen LogP contribution in [0.15, 0.2) is 127 Å². The van der Waals surface area contributed by atoms with Crippen molar-refractivity contribution < 1.29 is 33.1 Å². The summed E-state index contributed by atoms with van der Waals surface area (Å²) >= 11 is 0. The molecule has 5 atom stereocenters. The number of carbonyl (C=O) groups excluding carboxylic acids is 4. The number of benzene rings is 5. The number of carbonyl (C=O) groups is 4. The number of amides is 4. The number of nitrogens with zero attached hydrogens (tertiary/aromatic N) is 4. The van der Waals surface area contributed by atoms with Crippen LogP contribution in [0, 0.1) is 5.92 Å². The van der Waals surface area contributed by atoms with Gasteiger partial charge in [-0.15, -0.1) is 0 Å². The molecule has 0 aromatic heterocycles. The molecule has 3 aliphatic rings. The number of aliphatic hydroxyl groups is 1. The Morgan fingerprint density at radius 1 is 0.831 bits per heavy atom. The highest BCUT2D eigenvalue weighted by Gasteiger charge is 2.67. The van der Waals surface area contributed by atoms with Gasteiger partial charge in [0.2, 0.25) is 27.1 Å². The Bertz CT molecular complexity index is 2360. The van der Waals surface area contributed by atoms with E-state index in [1.165, 1.54) is 9.80 Å². The van der Waals surface area contributed by atoms with Crippen LogP contribution >= 0.6 is 0 Å². The molecule has 0 unspecified atom stereocenters. The van der Waals surface area contributed by atoms with E-state index in [1.54, 1.807) is 41.1 Å². The number of ether oxygens (including phenoxy) is 1. The van der Waals surface area contributed by atoms with E-state index in [0.29, 0.717) is 53.4 Å². The molecular weight excluding hydrogens is 764 g/mol. The first-order chi connectivity index (χ1) is 28.5. The maximum absolute atomic E-state index is 16.8. The van der Waals surface area contributed by atoms with Crippen LogP contribution in [0.25, 0.3) is 0 Å². The van der Waals surface area contributed by atoms with Crippen molar-refractivity contribution in [2.45, 2.75) is 69.2 Å². The van der Waals surface area contributed by atoms with Crippen molar-refractivity contribution >= 4 is 61.5 Å². The molecule has 12 heteroatoms. The third-order valence-electron chi connectivity index (χ3n) is 12.3. The Labute approximate surface area is 344 Å². The molecule has 59 heavy (non-hydrogen) atoms. The number of fused-ring (bicyclic) bond motifs is 3. The van der Waals surface area contributed by atoms with Crippen molar-refractivity contribution in [1.29, 1.82) is 0 Å². The van der Waals surface area contributed by atoms with E-state index in [4.69, 9.17) is 4.74 Å². The van der Waals surface area contributed by atoms with Gasteiger partial charge in [0, 0.05) is 46.3 Å². The fraction of sp³-hybridized carbons (Fsp3) is 0.277. The summed E-state index contributed by atoms with van der Waals surface area (Å²) in [6.45, 7) is 5.26. The summed E-state index contributed by atoms with van der Waals surface area (Å²) in [5, 5.41) is 10.4. The normalized spacial score (nSPS) is 22.2. The Kier molecular flexibility index (Phi) is 10.8. The van der Waals surface area contributed by atoms with Crippen LogP contribution < -0.4 is 14.7 Å². The Hall–Kier alpha value is -5.95. The van der Waals surface area contributed by atoms with Crippen molar-refractivity contribution in [1.82, 2.24) is 4.90 Å². The first-order valence-electron chi connectivity index (χ1n) is 20.0. The molecule has 1 saturated heterocycles. The van der Waals surface area contributed by atoms with Crippen molar-refractivity contribution in [3.8, 4) is 0 Å². The summed E-state index contributed by atoms with van der Waals surface area (Å²) in [5.41, 5.74) is 3.97. The lowest BCUT2D eigenvalue weighted by Gasteiger charge is -2.37. The average Bonchev–Trinajstić information content (AvgIpc) is 3.67. The monoisotopic (exact) mass is 810 g/mol. The first kappa shape index (κ1) is 39.9. The van der Waals surface area contributed by atoms with E-state index in [0.717, 1.165) is 23.1 Å². The van der Waals surface area contributed by atoms with Gasteiger partial charge < -0.3 is 23.8 Å². The molecule has 1 spiro atoms. The van der Waals surface area contributed by atoms with E-state index >= 15 is 8.90 Å². The third-order valence-corrected chi connectivity index (χ3v) is 14.8. The summed E-state index contributed by atoms with van der Waals surface area (Å²) in [5.74, 6) is -1.34. The zero-order chi connectivity index (χ0) is 41.5. The topological polar surface area (TPSA) is 111 Å². The minimum atomic E-state index is -3.65. The van der Waals surface area contributed by atoms with Gasteiger partial charge in [0.15, 0.2) is 5.60 Å². The minimum Gasteiger partial charge on any atom is -0.394 e. The van der Waals surface area contributed by atoms with E-state index in [1.807, 2.05) is 116 Å². The maximum atomic E-state index is 16.8. The van der Waals surface area contributed by atoms with Crippen LogP contribution in [0.3, 0.4) is 0 Å². The molecule has 10 nitrogen and oxygen atoms in total. The van der Waals surface area contributed by atoms with Gasteiger partial charge in [0.1, 0.15) is 0 Å². The highest BCUT2D eigenvalue weighted by atomic mass is 28.4. The van der Waals surface area contributed by atoms with Crippen LogP contribution in [0.4, 0.5) is 32.5 Å². The third kappa shape index (κ3) is 7.15. The fourth-order valence-electron chi connectivity index (χ4n) is 9.54. The molecule has 1 N–H and O–H groups in total. The Morgan fingerprint density at radius 2 is 1.39 bits per heavy atom. The molecular formula is C47H47FN4O6Si. The Balaban J connectivity index is 1.17. The highest BCUT2D eigenvalue weighted by molar-refractivity contribution is 6.72. The lowest BCUT2D eigenvalue weighted by atomic mass is 9.82. The summed E-state index contributed by atoms with van der Waals surface area (Å²) < 4.78 is 23.8. The largest absolute Gasteiger partial charge is 0.394 e. The number of hydrogen-bond donors (Lipinski definition) is 1. The SMILES string of the molecule is C[C@@H]1[C@@H]([Si](C)(C)F)[C@H](CC(=O)N2Cc3ccccc3C[C@H]2CO)O[C@@]12C(=O)N(Cc1ccc(N(C=O)c3ccccc3)cc1)c1ccc(N(C=O)c3ccccc3)cc12. The molecule has 5 aromatic carbocycles.